The minimum absolute atomic E-state index is 0.0461. The lowest BCUT2D eigenvalue weighted by atomic mass is 10.1. The van der Waals surface area contributed by atoms with Crippen LogP contribution < -0.4 is 15.0 Å². The normalized spacial score (nSPS) is 15.8. The molecule has 2 amide bonds. The van der Waals surface area contributed by atoms with Gasteiger partial charge >= 0.3 is 0 Å². The molecule has 0 radical (unpaired) electrons. The summed E-state index contributed by atoms with van der Waals surface area (Å²) in [6.07, 6.45) is 0.836. The highest BCUT2D eigenvalue weighted by atomic mass is 16.5. The van der Waals surface area contributed by atoms with E-state index in [1.54, 1.807) is 29.2 Å². The maximum Gasteiger partial charge on any atom is 0.255 e. The van der Waals surface area contributed by atoms with Crippen LogP contribution in [-0.4, -0.2) is 31.5 Å². The first-order valence-electron chi connectivity index (χ1n) is 7.93. The molecule has 0 saturated carbocycles. The van der Waals surface area contributed by atoms with Crippen molar-refractivity contribution in [2.75, 3.05) is 18.6 Å². The van der Waals surface area contributed by atoms with Gasteiger partial charge in [0.1, 0.15) is 5.75 Å². The summed E-state index contributed by atoms with van der Waals surface area (Å²) in [5, 5.41) is 2.69. The number of anilines is 1. The number of rotatable bonds is 4. The largest absolute Gasteiger partial charge is 0.496 e. The summed E-state index contributed by atoms with van der Waals surface area (Å²) in [5.74, 6) is 0.0546. The number of ether oxygens (including phenoxy) is 1. The maximum absolute atomic E-state index is 12.6. The van der Waals surface area contributed by atoms with E-state index in [4.69, 9.17) is 4.74 Å². The number of para-hydroxylation sites is 2. The summed E-state index contributed by atoms with van der Waals surface area (Å²) in [4.78, 5) is 26.7. The molecule has 1 heterocycles. The van der Waals surface area contributed by atoms with E-state index in [9.17, 15) is 9.59 Å². The highest BCUT2D eigenvalue weighted by Gasteiger charge is 2.30. The van der Waals surface area contributed by atoms with Crippen LogP contribution in [0.3, 0.4) is 0 Å². The van der Waals surface area contributed by atoms with Crippen molar-refractivity contribution >= 4 is 17.5 Å². The summed E-state index contributed by atoms with van der Waals surface area (Å²) >= 11 is 0. The molecule has 1 unspecified atom stereocenters. The highest BCUT2D eigenvalue weighted by Crippen LogP contribution is 2.31. The smallest absolute Gasteiger partial charge is 0.255 e. The molecule has 1 N–H and O–H groups in total. The first-order chi connectivity index (χ1) is 11.6. The first-order valence-corrected chi connectivity index (χ1v) is 7.93. The second kappa shape index (κ2) is 6.74. The minimum Gasteiger partial charge on any atom is -0.496 e. The predicted octanol–water partition coefficient (Wildman–Crippen LogP) is 2.40. The summed E-state index contributed by atoms with van der Waals surface area (Å²) in [6, 6.07) is 14.9. The molecule has 0 fully saturated rings. The topological polar surface area (TPSA) is 58.6 Å². The zero-order chi connectivity index (χ0) is 17.1. The number of hydrogen-bond donors (Lipinski definition) is 1. The Kier molecular flexibility index (Phi) is 4.51. The fraction of sp³-hybridized carbons (Fsp3) is 0.263. The van der Waals surface area contributed by atoms with Crippen LogP contribution in [0, 0.1) is 0 Å². The van der Waals surface area contributed by atoms with E-state index < -0.39 is 0 Å². The number of carbonyl (C=O) groups is 2. The zero-order valence-electron chi connectivity index (χ0n) is 13.8. The van der Waals surface area contributed by atoms with Gasteiger partial charge in [-0.3, -0.25) is 9.59 Å². The quantitative estimate of drug-likeness (QED) is 0.939. The molecule has 124 valence electrons. The van der Waals surface area contributed by atoms with Gasteiger partial charge in [-0.1, -0.05) is 30.3 Å². The molecule has 5 heteroatoms. The lowest BCUT2D eigenvalue weighted by molar-refractivity contribution is -0.118. The van der Waals surface area contributed by atoms with Crippen molar-refractivity contribution in [3.05, 3.63) is 59.7 Å². The Morgan fingerprint density at radius 1 is 1.17 bits per heavy atom. The fourth-order valence-electron chi connectivity index (χ4n) is 3.11. The minimum atomic E-state index is -0.319. The predicted molar refractivity (Wildman–Crippen MR) is 92.4 cm³/mol. The third kappa shape index (κ3) is 2.97. The van der Waals surface area contributed by atoms with Crippen molar-refractivity contribution in [2.24, 2.45) is 0 Å². The van der Waals surface area contributed by atoms with Gasteiger partial charge < -0.3 is 15.0 Å². The molecular formula is C19H20N2O3. The Morgan fingerprint density at radius 3 is 2.67 bits per heavy atom. The summed E-state index contributed by atoms with van der Waals surface area (Å²) < 4.78 is 5.18. The van der Waals surface area contributed by atoms with Crippen LogP contribution in [0.1, 0.15) is 22.8 Å². The average molecular weight is 324 g/mol. The van der Waals surface area contributed by atoms with Gasteiger partial charge in [-0.25, -0.2) is 0 Å². The summed E-state index contributed by atoms with van der Waals surface area (Å²) in [6.45, 7) is 1.97. The Bertz CT molecular complexity index is 773. The fourth-order valence-corrected chi connectivity index (χ4v) is 3.11. The van der Waals surface area contributed by atoms with Crippen LogP contribution in [0.5, 0.6) is 5.75 Å². The molecule has 0 aliphatic carbocycles. The van der Waals surface area contributed by atoms with Gasteiger partial charge in [0, 0.05) is 11.7 Å². The standard InChI is InChI=1S/C19H20N2O3/c1-13-11-14-7-3-5-9-16(14)21(13)18(22)12-20-19(23)15-8-4-6-10-17(15)24-2/h3-10,13H,11-12H2,1-2H3,(H,20,23). The van der Waals surface area contributed by atoms with Gasteiger partial charge in [0.25, 0.3) is 5.91 Å². The summed E-state index contributed by atoms with van der Waals surface area (Å²) in [5.41, 5.74) is 2.51. The van der Waals surface area contributed by atoms with E-state index in [-0.39, 0.29) is 24.4 Å². The van der Waals surface area contributed by atoms with Crippen molar-refractivity contribution in [1.82, 2.24) is 5.32 Å². The molecular weight excluding hydrogens is 304 g/mol. The van der Waals surface area contributed by atoms with Gasteiger partial charge in [-0.15, -0.1) is 0 Å². The molecule has 2 aromatic rings. The lowest BCUT2D eigenvalue weighted by Gasteiger charge is -2.23. The van der Waals surface area contributed by atoms with Crippen molar-refractivity contribution in [1.29, 1.82) is 0 Å². The summed E-state index contributed by atoms with van der Waals surface area (Å²) in [7, 11) is 1.51. The second-order valence-electron chi connectivity index (χ2n) is 5.83. The van der Waals surface area contributed by atoms with Crippen molar-refractivity contribution in [3.8, 4) is 5.75 Å². The van der Waals surface area contributed by atoms with Crippen molar-refractivity contribution in [3.63, 3.8) is 0 Å². The molecule has 0 aromatic heterocycles. The van der Waals surface area contributed by atoms with Crippen LogP contribution in [0.25, 0.3) is 0 Å². The van der Waals surface area contributed by atoms with Crippen LogP contribution in [0.2, 0.25) is 0 Å². The molecule has 1 aliphatic rings. The van der Waals surface area contributed by atoms with Crippen LogP contribution >= 0.6 is 0 Å². The monoisotopic (exact) mass is 324 g/mol. The first kappa shape index (κ1) is 16.1. The van der Waals surface area contributed by atoms with E-state index in [1.165, 1.54) is 7.11 Å². The number of nitrogens with one attached hydrogen (secondary N) is 1. The Hall–Kier alpha value is -2.82. The second-order valence-corrected chi connectivity index (χ2v) is 5.83. The number of hydrogen-bond acceptors (Lipinski definition) is 3. The number of nitrogens with zero attached hydrogens (tertiary/aromatic N) is 1. The Balaban J connectivity index is 1.69. The van der Waals surface area contributed by atoms with E-state index in [0.717, 1.165) is 17.7 Å². The van der Waals surface area contributed by atoms with Gasteiger partial charge in [0.15, 0.2) is 0 Å². The number of amides is 2. The third-order valence-corrected chi connectivity index (χ3v) is 4.23. The lowest BCUT2D eigenvalue weighted by Crippen LogP contribution is -2.43. The SMILES string of the molecule is COc1ccccc1C(=O)NCC(=O)N1c2ccccc2CC1C. The Labute approximate surface area is 141 Å². The Morgan fingerprint density at radius 2 is 1.88 bits per heavy atom. The van der Waals surface area contributed by atoms with Crippen LogP contribution in [0.4, 0.5) is 5.69 Å². The van der Waals surface area contributed by atoms with Crippen LogP contribution in [0.15, 0.2) is 48.5 Å². The average Bonchev–Trinajstić information content (AvgIpc) is 2.95. The molecule has 5 nitrogen and oxygen atoms in total. The van der Waals surface area contributed by atoms with Gasteiger partial charge in [0.2, 0.25) is 5.91 Å². The maximum atomic E-state index is 12.6. The molecule has 3 rings (SSSR count). The number of fused-ring (bicyclic) bond motifs is 1. The van der Waals surface area contributed by atoms with Gasteiger partial charge in [-0.05, 0) is 37.1 Å². The molecule has 1 aliphatic heterocycles. The molecule has 2 aromatic carbocycles. The van der Waals surface area contributed by atoms with Crippen molar-refractivity contribution < 1.29 is 14.3 Å². The number of methoxy groups -OCH3 is 1. The molecule has 0 bridgehead atoms. The van der Waals surface area contributed by atoms with E-state index >= 15 is 0 Å². The van der Waals surface area contributed by atoms with E-state index in [1.807, 2.05) is 31.2 Å². The number of carbonyl (C=O) groups excluding carboxylic acids is 2. The molecule has 24 heavy (non-hydrogen) atoms. The van der Waals surface area contributed by atoms with E-state index in [0.29, 0.717) is 11.3 Å². The third-order valence-electron chi connectivity index (χ3n) is 4.23. The molecule has 0 saturated heterocycles. The van der Waals surface area contributed by atoms with Gasteiger partial charge in [0.05, 0.1) is 19.2 Å². The van der Waals surface area contributed by atoms with Crippen molar-refractivity contribution in [2.45, 2.75) is 19.4 Å². The van der Waals surface area contributed by atoms with Gasteiger partial charge in [-0.2, -0.15) is 0 Å². The molecule has 0 spiro atoms. The zero-order valence-corrected chi connectivity index (χ0v) is 13.8. The highest BCUT2D eigenvalue weighted by molar-refractivity contribution is 6.02. The van der Waals surface area contributed by atoms with E-state index in [2.05, 4.69) is 5.32 Å². The number of benzene rings is 2. The van der Waals surface area contributed by atoms with Crippen LogP contribution in [-0.2, 0) is 11.2 Å². The molecule has 1 atom stereocenters.